The number of imidazole rings is 2. The summed E-state index contributed by atoms with van der Waals surface area (Å²) in [6.07, 6.45) is 11.4. The molecule has 0 saturated carbocycles. The van der Waals surface area contributed by atoms with Crippen molar-refractivity contribution >= 4 is 0 Å². The molecule has 0 aliphatic rings. The number of aryl methyl sites for hydroxylation is 4. The molecule has 6 heteroatoms. The first-order valence-electron chi connectivity index (χ1n) is 12.1. The third-order valence-corrected chi connectivity index (χ3v) is 6.37. The average Bonchev–Trinajstić information content (AvgIpc) is 3.43. The van der Waals surface area contributed by atoms with E-state index in [1.165, 1.54) is 0 Å². The fraction of sp³-hybridized carbons (Fsp3) is 0.357. The van der Waals surface area contributed by atoms with Crippen molar-refractivity contribution in [2.45, 2.75) is 51.0 Å². The van der Waals surface area contributed by atoms with E-state index >= 15 is 0 Å². The highest BCUT2D eigenvalue weighted by atomic mass is 16.3. The van der Waals surface area contributed by atoms with Crippen molar-refractivity contribution in [3.63, 3.8) is 0 Å². The molecule has 2 heterocycles. The SMILES string of the molecule is Cn1c[n+](CCCCCCn2c[n+](C)cc2[C@@H](O)c2ccccc2)cc1[C@H](O)c1ccccc1. The molecule has 6 nitrogen and oxygen atoms in total. The van der Waals surface area contributed by atoms with Gasteiger partial charge in [-0.2, -0.15) is 0 Å². The number of hydrogen-bond acceptors (Lipinski definition) is 2. The van der Waals surface area contributed by atoms with Crippen LogP contribution in [0.3, 0.4) is 0 Å². The first-order chi connectivity index (χ1) is 16.5. The Labute approximate surface area is 202 Å². The molecule has 0 radical (unpaired) electrons. The Morgan fingerprint density at radius 1 is 0.735 bits per heavy atom. The molecule has 178 valence electrons. The van der Waals surface area contributed by atoms with Crippen molar-refractivity contribution in [2.24, 2.45) is 14.1 Å². The summed E-state index contributed by atoms with van der Waals surface area (Å²) in [7, 11) is 3.98. The molecule has 2 aromatic carbocycles. The van der Waals surface area contributed by atoms with Crippen molar-refractivity contribution in [1.29, 1.82) is 0 Å². The average molecular weight is 461 g/mol. The van der Waals surface area contributed by atoms with Crippen LogP contribution in [0.4, 0.5) is 0 Å². The van der Waals surface area contributed by atoms with E-state index in [1.54, 1.807) is 0 Å². The lowest BCUT2D eigenvalue weighted by atomic mass is 10.1. The topological polar surface area (TPSA) is 58.1 Å². The number of nitrogens with zero attached hydrogens (tertiary/aromatic N) is 4. The fourth-order valence-corrected chi connectivity index (χ4v) is 4.53. The molecular weight excluding hydrogens is 424 g/mol. The van der Waals surface area contributed by atoms with Crippen LogP contribution in [0.25, 0.3) is 0 Å². The van der Waals surface area contributed by atoms with Gasteiger partial charge in [-0.05, 0) is 36.8 Å². The third-order valence-electron chi connectivity index (χ3n) is 6.37. The molecule has 2 aromatic heterocycles. The van der Waals surface area contributed by atoms with Gasteiger partial charge in [0.25, 0.3) is 0 Å². The minimum Gasteiger partial charge on any atom is -0.380 e. The maximum absolute atomic E-state index is 10.8. The summed E-state index contributed by atoms with van der Waals surface area (Å²) < 4.78 is 8.35. The second-order valence-electron chi connectivity index (χ2n) is 9.09. The second kappa shape index (κ2) is 11.3. The van der Waals surface area contributed by atoms with E-state index in [0.717, 1.165) is 61.3 Å². The standard InChI is InChI=1S/C28H36N4O2/c1-29-19-26(28(34)24-15-9-6-10-16-24)32(21-29)18-12-4-3-11-17-31-20-25(30(2)22-31)27(33)23-13-7-5-8-14-23/h5-10,13-16,19-22,27-28,33-34H,3-4,11-12,17-18H2,1-2H3/q+2/t27-,28+/m1/s1. The van der Waals surface area contributed by atoms with Gasteiger partial charge in [0.05, 0.1) is 27.2 Å². The maximum atomic E-state index is 10.8. The van der Waals surface area contributed by atoms with Crippen molar-refractivity contribution in [3.8, 4) is 0 Å². The number of hydrogen-bond donors (Lipinski definition) is 2. The number of benzene rings is 2. The lowest BCUT2D eigenvalue weighted by molar-refractivity contribution is -0.697. The Bertz CT molecular complexity index is 1170. The maximum Gasteiger partial charge on any atom is 0.243 e. The normalized spacial score (nSPS) is 13.2. The number of aliphatic hydroxyl groups excluding tert-OH is 2. The Kier molecular flexibility index (Phi) is 7.93. The summed E-state index contributed by atoms with van der Waals surface area (Å²) in [5.74, 6) is 0. The molecule has 2 N–H and O–H groups in total. The summed E-state index contributed by atoms with van der Waals surface area (Å²) in [5, 5.41) is 21.5. The van der Waals surface area contributed by atoms with Gasteiger partial charge in [-0.25, -0.2) is 18.3 Å². The van der Waals surface area contributed by atoms with Gasteiger partial charge >= 0.3 is 0 Å². The molecule has 2 atom stereocenters. The zero-order chi connectivity index (χ0) is 23.9. The van der Waals surface area contributed by atoms with Gasteiger partial charge in [0.2, 0.25) is 12.7 Å². The Balaban J connectivity index is 1.24. The quantitative estimate of drug-likeness (QED) is 0.266. The minimum absolute atomic E-state index is 0.614. The molecule has 34 heavy (non-hydrogen) atoms. The van der Waals surface area contributed by atoms with Gasteiger partial charge in [-0.3, -0.25) is 0 Å². The predicted octanol–water partition coefficient (Wildman–Crippen LogP) is 3.36. The van der Waals surface area contributed by atoms with Crippen molar-refractivity contribution < 1.29 is 19.3 Å². The van der Waals surface area contributed by atoms with E-state index < -0.39 is 12.2 Å². The highest BCUT2D eigenvalue weighted by Crippen LogP contribution is 2.22. The van der Waals surface area contributed by atoms with Crippen LogP contribution < -0.4 is 9.13 Å². The van der Waals surface area contributed by atoms with Gasteiger partial charge in [-0.1, -0.05) is 60.7 Å². The molecule has 0 amide bonds. The van der Waals surface area contributed by atoms with Gasteiger partial charge in [0, 0.05) is 0 Å². The molecule has 0 unspecified atom stereocenters. The van der Waals surface area contributed by atoms with Crippen LogP contribution in [0.5, 0.6) is 0 Å². The predicted molar refractivity (Wildman–Crippen MR) is 131 cm³/mol. The molecule has 0 spiro atoms. The van der Waals surface area contributed by atoms with E-state index in [0.29, 0.717) is 0 Å². The first kappa shape index (κ1) is 23.9. The van der Waals surface area contributed by atoms with Crippen LogP contribution in [0.2, 0.25) is 0 Å². The van der Waals surface area contributed by atoms with Gasteiger partial charge in [0.15, 0.2) is 11.4 Å². The van der Waals surface area contributed by atoms with Crippen LogP contribution in [0.1, 0.15) is 60.4 Å². The second-order valence-corrected chi connectivity index (χ2v) is 9.09. The Morgan fingerprint density at radius 2 is 1.32 bits per heavy atom. The Hall–Kier alpha value is -3.22. The number of aliphatic hydroxyl groups is 2. The van der Waals surface area contributed by atoms with Gasteiger partial charge < -0.3 is 10.2 Å². The van der Waals surface area contributed by atoms with Crippen LogP contribution in [0.15, 0.2) is 85.7 Å². The summed E-state index contributed by atoms with van der Waals surface area (Å²) in [6, 6.07) is 19.6. The fourth-order valence-electron chi connectivity index (χ4n) is 4.53. The largest absolute Gasteiger partial charge is 0.380 e. The number of rotatable bonds is 11. The van der Waals surface area contributed by atoms with Crippen molar-refractivity contribution in [1.82, 2.24) is 9.13 Å². The molecule has 0 aliphatic carbocycles. The van der Waals surface area contributed by atoms with Gasteiger partial charge in [-0.15, -0.1) is 0 Å². The van der Waals surface area contributed by atoms with E-state index in [-0.39, 0.29) is 0 Å². The first-order valence-corrected chi connectivity index (χ1v) is 12.1. The molecule has 0 saturated heterocycles. The summed E-state index contributed by atoms with van der Waals surface area (Å²) in [5.41, 5.74) is 3.65. The zero-order valence-corrected chi connectivity index (χ0v) is 20.2. The van der Waals surface area contributed by atoms with Crippen LogP contribution >= 0.6 is 0 Å². The highest BCUT2D eigenvalue weighted by molar-refractivity contribution is 5.25. The smallest absolute Gasteiger partial charge is 0.243 e. The molecule has 0 bridgehead atoms. The zero-order valence-electron chi connectivity index (χ0n) is 20.2. The summed E-state index contributed by atoms with van der Waals surface area (Å²) >= 11 is 0. The van der Waals surface area contributed by atoms with Crippen LogP contribution in [0, 0.1) is 0 Å². The van der Waals surface area contributed by atoms with E-state index in [4.69, 9.17) is 0 Å². The minimum atomic E-state index is -0.615. The number of unbranched alkanes of at least 4 members (excludes halogenated alkanes) is 3. The molecule has 4 aromatic rings. The van der Waals surface area contributed by atoms with Crippen molar-refractivity contribution in [3.05, 3.63) is 108 Å². The molecule has 0 fully saturated rings. The van der Waals surface area contributed by atoms with Crippen LogP contribution in [-0.4, -0.2) is 19.3 Å². The van der Waals surface area contributed by atoms with Crippen molar-refractivity contribution in [2.75, 3.05) is 0 Å². The summed E-state index contributed by atoms with van der Waals surface area (Å²) in [6.45, 7) is 1.83. The monoisotopic (exact) mass is 460 g/mol. The Morgan fingerprint density at radius 3 is 1.97 bits per heavy atom. The van der Waals surface area contributed by atoms with Gasteiger partial charge in [0.1, 0.15) is 24.6 Å². The summed E-state index contributed by atoms with van der Waals surface area (Å²) in [4.78, 5) is 0. The molecule has 4 rings (SSSR count). The third kappa shape index (κ3) is 5.82. The molecular formula is C28H36N4O2+2. The lowest BCUT2D eigenvalue weighted by Crippen LogP contribution is -2.30. The highest BCUT2D eigenvalue weighted by Gasteiger charge is 2.22. The molecule has 0 aliphatic heterocycles. The number of aromatic nitrogens is 4. The van der Waals surface area contributed by atoms with E-state index in [2.05, 4.69) is 28.0 Å². The van der Waals surface area contributed by atoms with Crippen LogP contribution in [-0.2, 0) is 27.2 Å². The van der Waals surface area contributed by atoms with E-state index in [1.807, 2.05) is 90.1 Å². The van der Waals surface area contributed by atoms with E-state index in [9.17, 15) is 10.2 Å². The lowest BCUT2D eigenvalue weighted by Gasteiger charge is -2.09.